The van der Waals surface area contributed by atoms with Crippen LogP contribution in [0.3, 0.4) is 0 Å². The maximum atomic E-state index is 6.07. The van der Waals surface area contributed by atoms with E-state index in [-0.39, 0.29) is 0 Å². The number of hydrogen-bond donors (Lipinski definition) is 1. The fourth-order valence-corrected chi connectivity index (χ4v) is 3.17. The van der Waals surface area contributed by atoms with Crippen molar-refractivity contribution in [2.75, 3.05) is 44.3 Å². The van der Waals surface area contributed by atoms with Gasteiger partial charge in [-0.3, -0.25) is 4.90 Å². The Balaban J connectivity index is 1.67. The van der Waals surface area contributed by atoms with Gasteiger partial charge in [-0.2, -0.15) is 0 Å². The third-order valence-electron chi connectivity index (χ3n) is 4.15. The molecule has 0 radical (unpaired) electrons. The van der Waals surface area contributed by atoms with Crippen molar-refractivity contribution in [3.63, 3.8) is 0 Å². The SMILES string of the molecule is NCc1nc(N2CCC(N3CCOCC3)C2)ccc1Cl. The van der Waals surface area contributed by atoms with Gasteiger partial charge in [0.1, 0.15) is 5.82 Å². The van der Waals surface area contributed by atoms with Crippen LogP contribution in [0.2, 0.25) is 5.02 Å². The normalized spacial score (nSPS) is 24.3. The van der Waals surface area contributed by atoms with Gasteiger partial charge in [-0.05, 0) is 18.6 Å². The molecule has 1 aromatic rings. The first-order valence-electron chi connectivity index (χ1n) is 7.20. The number of hydrogen-bond acceptors (Lipinski definition) is 5. The largest absolute Gasteiger partial charge is 0.379 e. The molecular weight excluding hydrogens is 276 g/mol. The van der Waals surface area contributed by atoms with Crippen molar-refractivity contribution < 1.29 is 4.74 Å². The first-order valence-corrected chi connectivity index (χ1v) is 7.58. The maximum absolute atomic E-state index is 6.07. The van der Waals surface area contributed by atoms with E-state index in [0.29, 0.717) is 17.6 Å². The van der Waals surface area contributed by atoms with Gasteiger partial charge in [-0.25, -0.2) is 4.98 Å². The number of ether oxygens (including phenoxy) is 1. The molecule has 2 fully saturated rings. The van der Waals surface area contributed by atoms with Crippen molar-refractivity contribution in [1.82, 2.24) is 9.88 Å². The molecule has 5 nitrogen and oxygen atoms in total. The van der Waals surface area contributed by atoms with Gasteiger partial charge in [0, 0.05) is 38.8 Å². The number of nitrogens with zero attached hydrogens (tertiary/aromatic N) is 3. The molecule has 2 saturated heterocycles. The van der Waals surface area contributed by atoms with Gasteiger partial charge in [0.15, 0.2) is 0 Å². The Hall–Kier alpha value is -0.880. The predicted octanol–water partition coefficient (Wildman–Crippen LogP) is 1.10. The summed E-state index contributed by atoms with van der Waals surface area (Å²) in [5.74, 6) is 0.991. The lowest BCUT2D eigenvalue weighted by atomic mass is 10.2. The van der Waals surface area contributed by atoms with Gasteiger partial charge >= 0.3 is 0 Å². The van der Waals surface area contributed by atoms with E-state index in [1.54, 1.807) is 0 Å². The first kappa shape index (κ1) is 14.1. The lowest BCUT2D eigenvalue weighted by Gasteiger charge is -2.32. The summed E-state index contributed by atoms with van der Waals surface area (Å²) in [6.07, 6.45) is 1.18. The van der Waals surface area contributed by atoms with Gasteiger partial charge in [0.2, 0.25) is 0 Å². The predicted molar refractivity (Wildman–Crippen MR) is 80.1 cm³/mol. The van der Waals surface area contributed by atoms with E-state index in [4.69, 9.17) is 22.1 Å². The highest BCUT2D eigenvalue weighted by Gasteiger charge is 2.29. The lowest BCUT2D eigenvalue weighted by molar-refractivity contribution is 0.0209. The summed E-state index contributed by atoms with van der Waals surface area (Å²) in [7, 11) is 0. The Morgan fingerprint density at radius 2 is 2.10 bits per heavy atom. The van der Waals surface area contributed by atoms with Crippen molar-refractivity contribution in [3.05, 3.63) is 22.8 Å². The quantitative estimate of drug-likeness (QED) is 0.905. The van der Waals surface area contributed by atoms with Crippen LogP contribution in [-0.2, 0) is 11.3 Å². The molecule has 0 saturated carbocycles. The van der Waals surface area contributed by atoms with Crippen LogP contribution in [0.25, 0.3) is 0 Å². The third kappa shape index (κ3) is 2.91. The van der Waals surface area contributed by atoms with Crippen LogP contribution >= 0.6 is 11.6 Å². The van der Waals surface area contributed by atoms with E-state index in [1.807, 2.05) is 12.1 Å². The van der Waals surface area contributed by atoms with Crippen LogP contribution in [-0.4, -0.2) is 55.3 Å². The second-order valence-corrected chi connectivity index (χ2v) is 5.75. The van der Waals surface area contributed by atoms with Gasteiger partial charge in [-0.15, -0.1) is 0 Å². The maximum Gasteiger partial charge on any atom is 0.129 e. The number of halogens is 1. The summed E-state index contributed by atoms with van der Waals surface area (Å²) in [6, 6.07) is 4.50. The van der Waals surface area contributed by atoms with Crippen LogP contribution < -0.4 is 10.6 Å². The van der Waals surface area contributed by atoms with E-state index < -0.39 is 0 Å². The van der Waals surface area contributed by atoms with Crippen molar-refractivity contribution >= 4 is 17.4 Å². The molecule has 110 valence electrons. The molecule has 0 aromatic carbocycles. The third-order valence-corrected chi connectivity index (χ3v) is 4.49. The average Bonchev–Trinajstić information content (AvgIpc) is 2.98. The Morgan fingerprint density at radius 1 is 1.30 bits per heavy atom. The summed E-state index contributed by atoms with van der Waals surface area (Å²) in [4.78, 5) is 9.44. The minimum absolute atomic E-state index is 0.382. The van der Waals surface area contributed by atoms with Crippen LogP contribution in [0.1, 0.15) is 12.1 Å². The highest BCUT2D eigenvalue weighted by atomic mass is 35.5. The highest BCUT2D eigenvalue weighted by molar-refractivity contribution is 6.31. The standard InChI is InChI=1S/C14H21ClN4O/c15-12-1-2-14(17-13(12)9-16)19-4-3-11(10-19)18-5-7-20-8-6-18/h1-2,11H,3-10,16H2. The van der Waals surface area contributed by atoms with E-state index in [1.165, 1.54) is 6.42 Å². The van der Waals surface area contributed by atoms with E-state index >= 15 is 0 Å². The zero-order valence-electron chi connectivity index (χ0n) is 11.6. The molecule has 0 aliphatic carbocycles. The Bertz CT molecular complexity index is 464. The van der Waals surface area contributed by atoms with Crippen molar-refractivity contribution in [2.24, 2.45) is 5.73 Å². The minimum Gasteiger partial charge on any atom is -0.379 e. The van der Waals surface area contributed by atoms with Crippen molar-refractivity contribution in [2.45, 2.75) is 19.0 Å². The molecule has 20 heavy (non-hydrogen) atoms. The van der Waals surface area contributed by atoms with Crippen LogP contribution in [0.15, 0.2) is 12.1 Å². The number of aromatic nitrogens is 1. The second-order valence-electron chi connectivity index (χ2n) is 5.34. The molecule has 3 heterocycles. The first-order chi connectivity index (χ1) is 9.78. The molecule has 0 bridgehead atoms. The van der Waals surface area contributed by atoms with Gasteiger partial charge in [-0.1, -0.05) is 11.6 Å². The summed E-state index contributed by atoms with van der Waals surface area (Å²) < 4.78 is 5.42. The second kappa shape index (κ2) is 6.26. The number of morpholine rings is 1. The van der Waals surface area contributed by atoms with Gasteiger partial charge < -0.3 is 15.4 Å². The summed E-state index contributed by atoms with van der Waals surface area (Å²) in [5, 5.41) is 0.653. The Kier molecular flexibility index (Phi) is 4.41. The summed E-state index contributed by atoms with van der Waals surface area (Å²) in [6.45, 7) is 6.24. The summed E-state index contributed by atoms with van der Waals surface area (Å²) >= 11 is 6.07. The molecule has 2 N–H and O–H groups in total. The fraction of sp³-hybridized carbons (Fsp3) is 0.643. The van der Waals surface area contributed by atoms with E-state index in [2.05, 4.69) is 14.8 Å². The minimum atomic E-state index is 0.382. The van der Waals surface area contributed by atoms with E-state index in [9.17, 15) is 0 Å². The molecule has 0 amide bonds. The Labute approximate surface area is 124 Å². The zero-order chi connectivity index (χ0) is 13.9. The summed E-state index contributed by atoms with van der Waals surface area (Å²) in [5.41, 5.74) is 6.45. The van der Waals surface area contributed by atoms with E-state index in [0.717, 1.165) is 50.9 Å². The topological polar surface area (TPSA) is 54.6 Å². The smallest absolute Gasteiger partial charge is 0.129 e. The highest BCUT2D eigenvalue weighted by Crippen LogP contribution is 2.24. The molecule has 1 unspecified atom stereocenters. The fourth-order valence-electron chi connectivity index (χ4n) is 2.98. The number of nitrogens with two attached hydrogens (primary N) is 1. The van der Waals surface area contributed by atoms with Gasteiger partial charge in [0.05, 0.1) is 23.9 Å². The van der Waals surface area contributed by atoms with Crippen LogP contribution in [0.4, 0.5) is 5.82 Å². The number of pyridine rings is 1. The Morgan fingerprint density at radius 3 is 2.85 bits per heavy atom. The molecule has 1 atom stereocenters. The molecule has 2 aliphatic heterocycles. The molecule has 0 spiro atoms. The number of rotatable bonds is 3. The lowest BCUT2D eigenvalue weighted by Crippen LogP contribution is -2.44. The molecule has 6 heteroatoms. The zero-order valence-corrected chi connectivity index (χ0v) is 12.4. The van der Waals surface area contributed by atoms with Crippen LogP contribution in [0, 0.1) is 0 Å². The van der Waals surface area contributed by atoms with Crippen molar-refractivity contribution in [3.8, 4) is 0 Å². The monoisotopic (exact) mass is 296 g/mol. The molecule has 2 aliphatic rings. The average molecular weight is 297 g/mol. The molecular formula is C14H21ClN4O. The molecule has 3 rings (SSSR count). The van der Waals surface area contributed by atoms with Crippen molar-refractivity contribution in [1.29, 1.82) is 0 Å². The molecule has 1 aromatic heterocycles. The van der Waals surface area contributed by atoms with Crippen LogP contribution in [0.5, 0.6) is 0 Å². The number of anilines is 1. The van der Waals surface area contributed by atoms with Gasteiger partial charge in [0.25, 0.3) is 0 Å².